The lowest BCUT2D eigenvalue weighted by molar-refractivity contribution is 0.0952. The Morgan fingerprint density at radius 1 is 1.07 bits per heavy atom. The van der Waals surface area contributed by atoms with Crippen molar-refractivity contribution in [3.05, 3.63) is 88.5 Å². The minimum Gasteiger partial charge on any atom is -0.497 e. The van der Waals surface area contributed by atoms with Crippen molar-refractivity contribution in [1.82, 2.24) is 19.5 Å². The van der Waals surface area contributed by atoms with Gasteiger partial charge in [0.1, 0.15) is 11.3 Å². The molecule has 2 aromatic carbocycles. The Hall–Kier alpha value is -3.87. The van der Waals surface area contributed by atoms with Gasteiger partial charge in [-0.2, -0.15) is 5.10 Å². The molecule has 1 N–H and O–H groups in total. The molecule has 0 bridgehead atoms. The largest absolute Gasteiger partial charge is 0.497 e. The van der Waals surface area contributed by atoms with Gasteiger partial charge in [0.05, 0.1) is 12.8 Å². The number of rotatable bonds is 6. The van der Waals surface area contributed by atoms with Crippen molar-refractivity contribution in [1.29, 1.82) is 0 Å². The number of aromatic nitrogens is 3. The van der Waals surface area contributed by atoms with Crippen molar-refractivity contribution in [2.75, 3.05) is 13.7 Å². The summed E-state index contributed by atoms with van der Waals surface area (Å²) in [6, 6.07) is 16.7. The van der Waals surface area contributed by atoms with Gasteiger partial charge in [0.25, 0.3) is 11.5 Å². The highest BCUT2D eigenvalue weighted by molar-refractivity contribution is 5.94. The zero-order valence-electron chi connectivity index (χ0n) is 16.8. The molecule has 7 heteroatoms. The number of carbonyl (C=O) groups is 1. The number of ether oxygens (including phenoxy) is 1. The fourth-order valence-corrected chi connectivity index (χ4v) is 3.20. The van der Waals surface area contributed by atoms with Crippen LogP contribution in [0, 0.1) is 6.92 Å². The zero-order valence-corrected chi connectivity index (χ0v) is 16.8. The molecule has 30 heavy (non-hydrogen) atoms. The smallest absolute Gasteiger partial charge is 0.276 e. The van der Waals surface area contributed by atoms with Gasteiger partial charge in [-0.3, -0.25) is 9.59 Å². The lowest BCUT2D eigenvalue weighted by Crippen LogP contribution is -2.31. The van der Waals surface area contributed by atoms with E-state index < -0.39 is 0 Å². The van der Waals surface area contributed by atoms with E-state index >= 15 is 0 Å². The van der Waals surface area contributed by atoms with E-state index in [1.807, 2.05) is 43.3 Å². The molecule has 152 valence electrons. The summed E-state index contributed by atoms with van der Waals surface area (Å²) in [5, 5.41) is 7.34. The Balaban J connectivity index is 1.48. The highest BCUT2D eigenvalue weighted by Crippen LogP contribution is 2.21. The first kappa shape index (κ1) is 19.4. The topological polar surface area (TPSA) is 77.6 Å². The third kappa shape index (κ3) is 3.96. The van der Waals surface area contributed by atoms with E-state index in [1.54, 1.807) is 46.8 Å². The lowest BCUT2D eigenvalue weighted by Gasteiger charge is -2.08. The monoisotopic (exact) mass is 402 g/mol. The van der Waals surface area contributed by atoms with Crippen LogP contribution in [0.5, 0.6) is 5.75 Å². The molecule has 0 saturated carbocycles. The molecule has 4 aromatic rings. The van der Waals surface area contributed by atoms with Crippen molar-refractivity contribution < 1.29 is 9.53 Å². The molecule has 4 rings (SSSR count). The van der Waals surface area contributed by atoms with Crippen LogP contribution in [0.2, 0.25) is 0 Å². The van der Waals surface area contributed by atoms with E-state index in [4.69, 9.17) is 4.74 Å². The summed E-state index contributed by atoms with van der Waals surface area (Å²) in [4.78, 5) is 25.1. The second-order valence-corrected chi connectivity index (χ2v) is 7.01. The molecule has 0 aliphatic carbocycles. The van der Waals surface area contributed by atoms with Gasteiger partial charge >= 0.3 is 0 Å². The molecule has 1 amide bonds. The molecular weight excluding hydrogens is 380 g/mol. The summed E-state index contributed by atoms with van der Waals surface area (Å²) in [5.74, 6) is 0.604. The number of hydrogen-bond acceptors (Lipinski definition) is 4. The van der Waals surface area contributed by atoms with Gasteiger partial charge in [-0.25, -0.2) is 4.52 Å². The fourth-order valence-electron chi connectivity index (χ4n) is 3.20. The van der Waals surface area contributed by atoms with Crippen LogP contribution in [0.25, 0.3) is 16.8 Å². The molecule has 0 fully saturated rings. The Labute approximate surface area is 173 Å². The normalized spacial score (nSPS) is 10.9. The molecule has 0 radical (unpaired) electrons. The van der Waals surface area contributed by atoms with Gasteiger partial charge in [0.15, 0.2) is 0 Å². The zero-order chi connectivity index (χ0) is 21.1. The summed E-state index contributed by atoms with van der Waals surface area (Å²) in [5.41, 5.74) is 3.63. The maximum absolute atomic E-state index is 12.8. The predicted octanol–water partition coefficient (Wildman–Crippen LogP) is 2.91. The van der Waals surface area contributed by atoms with Crippen LogP contribution in [0.4, 0.5) is 0 Å². The Morgan fingerprint density at radius 2 is 1.80 bits per heavy atom. The number of methoxy groups -OCH3 is 1. The molecule has 0 aliphatic heterocycles. The summed E-state index contributed by atoms with van der Waals surface area (Å²) >= 11 is 0. The third-order valence-electron chi connectivity index (χ3n) is 4.94. The van der Waals surface area contributed by atoms with Crippen LogP contribution in [-0.4, -0.2) is 33.7 Å². The summed E-state index contributed by atoms with van der Waals surface area (Å²) in [6.45, 7) is 2.69. The van der Waals surface area contributed by atoms with Crippen LogP contribution in [0.15, 0.2) is 71.8 Å². The van der Waals surface area contributed by atoms with Crippen LogP contribution < -0.4 is 15.6 Å². The second-order valence-electron chi connectivity index (χ2n) is 7.01. The number of hydrogen-bond donors (Lipinski definition) is 1. The molecule has 2 aromatic heterocycles. The standard InChI is InChI=1S/C23H22N4O3/c1-16-3-5-18(6-4-16)22(28)24-11-12-26-13-14-27-21(23(26)29)15-20(25-27)17-7-9-19(30-2)10-8-17/h3-10,13-15H,11-12H2,1-2H3,(H,24,28). The summed E-state index contributed by atoms with van der Waals surface area (Å²) in [6.07, 6.45) is 3.42. The molecule has 0 atom stereocenters. The average molecular weight is 402 g/mol. The number of amides is 1. The quantitative estimate of drug-likeness (QED) is 0.538. The first-order valence-electron chi connectivity index (χ1n) is 9.63. The van der Waals surface area contributed by atoms with Crippen LogP contribution >= 0.6 is 0 Å². The number of aryl methyl sites for hydroxylation is 1. The number of benzene rings is 2. The molecule has 0 unspecified atom stereocenters. The first-order chi connectivity index (χ1) is 14.5. The van der Waals surface area contributed by atoms with Crippen molar-refractivity contribution in [2.24, 2.45) is 0 Å². The highest BCUT2D eigenvalue weighted by atomic mass is 16.5. The third-order valence-corrected chi connectivity index (χ3v) is 4.94. The van der Waals surface area contributed by atoms with E-state index in [2.05, 4.69) is 10.4 Å². The van der Waals surface area contributed by atoms with Crippen molar-refractivity contribution in [3.8, 4) is 17.0 Å². The molecule has 7 nitrogen and oxygen atoms in total. The second kappa shape index (κ2) is 8.24. The van der Waals surface area contributed by atoms with Crippen LogP contribution in [0.3, 0.4) is 0 Å². The van der Waals surface area contributed by atoms with Crippen molar-refractivity contribution >= 4 is 11.4 Å². The summed E-state index contributed by atoms with van der Waals surface area (Å²) < 4.78 is 8.32. The van der Waals surface area contributed by atoms with E-state index in [0.717, 1.165) is 16.9 Å². The van der Waals surface area contributed by atoms with Crippen molar-refractivity contribution in [3.63, 3.8) is 0 Å². The number of fused-ring (bicyclic) bond motifs is 1. The van der Waals surface area contributed by atoms with Gasteiger partial charge in [-0.15, -0.1) is 0 Å². The number of carbonyl (C=O) groups excluding carboxylic acids is 1. The predicted molar refractivity (Wildman–Crippen MR) is 115 cm³/mol. The van der Waals surface area contributed by atoms with Crippen molar-refractivity contribution in [2.45, 2.75) is 13.5 Å². The van der Waals surface area contributed by atoms with Gasteiger partial charge in [0.2, 0.25) is 0 Å². The van der Waals surface area contributed by atoms with Gasteiger partial charge in [0, 0.05) is 36.6 Å². The summed E-state index contributed by atoms with van der Waals surface area (Å²) in [7, 11) is 1.62. The first-order valence-corrected chi connectivity index (χ1v) is 9.63. The van der Waals surface area contributed by atoms with Gasteiger partial charge < -0.3 is 14.6 Å². The van der Waals surface area contributed by atoms with Gasteiger partial charge in [-0.1, -0.05) is 17.7 Å². The minimum absolute atomic E-state index is 0.157. The van der Waals surface area contributed by atoms with Gasteiger partial charge in [-0.05, 0) is 49.4 Å². The maximum Gasteiger partial charge on any atom is 0.276 e. The molecule has 0 spiro atoms. The van der Waals surface area contributed by atoms with Crippen LogP contribution in [0.1, 0.15) is 15.9 Å². The van der Waals surface area contributed by atoms with E-state index in [9.17, 15) is 9.59 Å². The fraction of sp³-hybridized carbons (Fsp3) is 0.174. The maximum atomic E-state index is 12.8. The molecular formula is C23H22N4O3. The molecule has 0 saturated heterocycles. The van der Waals surface area contributed by atoms with E-state index in [1.165, 1.54) is 0 Å². The van der Waals surface area contributed by atoms with E-state index in [0.29, 0.717) is 29.9 Å². The Morgan fingerprint density at radius 3 is 2.50 bits per heavy atom. The number of nitrogens with zero attached hydrogens (tertiary/aromatic N) is 3. The van der Waals surface area contributed by atoms with Crippen LogP contribution in [-0.2, 0) is 6.54 Å². The minimum atomic E-state index is -0.158. The highest BCUT2D eigenvalue weighted by Gasteiger charge is 2.10. The molecule has 0 aliphatic rings. The average Bonchev–Trinajstić information content (AvgIpc) is 3.21. The SMILES string of the molecule is COc1ccc(-c2cc3c(=O)n(CCNC(=O)c4ccc(C)cc4)ccn3n2)cc1. The Bertz CT molecular complexity index is 1240. The van der Waals surface area contributed by atoms with E-state index in [-0.39, 0.29) is 11.5 Å². The lowest BCUT2D eigenvalue weighted by atomic mass is 10.1. The Kier molecular flexibility index (Phi) is 5.34. The molecule has 2 heterocycles. The number of nitrogens with one attached hydrogen (secondary N) is 1.